The van der Waals surface area contributed by atoms with Crippen molar-refractivity contribution in [2.45, 2.75) is 27.1 Å². The van der Waals surface area contributed by atoms with Crippen LogP contribution in [0.2, 0.25) is 0 Å². The predicted molar refractivity (Wildman–Crippen MR) is 50.1 cm³/mol. The van der Waals surface area contributed by atoms with Crippen molar-refractivity contribution in [3.8, 4) is 0 Å². The van der Waals surface area contributed by atoms with Gasteiger partial charge in [0, 0.05) is 27.3 Å². The van der Waals surface area contributed by atoms with Crippen LogP contribution in [0.15, 0.2) is 0 Å². The summed E-state index contributed by atoms with van der Waals surface area (Å²) in [6.45, 7) is 8.28. The van der Waals surface area contributed by atoms with Gasteiger partial charge in [-0.05, 0) is 5.41 Å². The van der Waals surface area contributed by atoms with Gasteiger partial charge in [-0.2, -0.15) is 0 Å². The molecule has 0 radical (unpaired) electrons. The Morgan fingerprint density at radius 3 is 2.00 bits per heavy atom. The highest BCUT2D eigenvalue weighted by Crippen LogP contribution is 2.10. The van der Waals surface area contributed by atoms with Crippen LogP contribution in [-0.4, -0.2) is 33.6 Å². The van der Waals surface area contributed by atoms with E-state index in [4.69, 9.17) is 9.47 Å². The molecule has 0 atom stereocenters. The van der Waals surface area contributed by atoms with E-state index in [1.54, 1.807) is 14.2 Å². The summed E-state index contributed by atoms with van der Waals surface area (Å²) in [5.41, 5.74) is 0.312. The fraction of sp³-hybridized carbons (Fsp3) is 1.00. The van der Waals surface area contributed by atoms with Crippen molar-refractivity contribution >= 4 is 0 Å². The van der Waals surface area contributed by atoms with Gasteiger partial charge in [0.15, 0.2) is 6.29 Å². The smallest absolute Gasteiger partial charge is 0.169 e. The van der Waals surface area contributed by atoms with E-state index in [0.29, 0.717) is 5.41 Å². The second-order valence-electron chi connectivity index (χ2n) is 4.09. The Kier molecular flexibility index (Phi) is 5.46. The van der Waals surface area contributed by atoms with Crippen molar-refractivity contribution in [1.29, 1.82) is 0 Å². The highest BCUT2D eigenvalue weighted by atomic mass is 16.7. The molecule has 0 fully saturated rings. The molecule has 0 aromatic carbocycles. The minimum absolute atomic E-state index is 0.132. The van der Waals surface area contributed by atoms with Gasteiger partial charge in [-0.25, -0.2) is 0 Å². The lowest BCUT2D eigenvalue weighted by Crippen LogP contribution is -2.35. The van der Waals surface area contributed by atoms with Crippen LogP contribution < -0.4 is 5.32 Å². The zero-order chi connectivity index (χ0) is 9.61. The predicted octanol–water partition coefficient (Wildman–Crippen LogP) is 1.24. The second kappa shape index (κ2) is 5.51. The summed E-state index contributed by atoms with van der Waals surface area (Å²) in [6, 6.07) is 0. The number of hydrogen-bond acceptors (Lipinski definition) is 3. The number of nitrogens with one attached hydrogen (secondary N) is 1. The van der Waals surface area contributed by atoms with Crippen LogP contribution in [-0.2, 0) is 9.47 Å². The molecule has 3 nitrogen and oxygen atoms in total. The van der Waals surface area contributed by atoms with E-state index in [-0.39, 0.29) is 6.29 Å². The summed E-state index contributed by atoms with van der Waals surface area (Å²) in [7, 11) is 3.29. The molecule has 0 bridgehead atoms. The van der Waals surface area contributed by atoms with Gasteiger partial charge in [-0.15, -0.1) is 0 Å². The van der Waals surface area contributed by atoms with Crippen molar-refractivity contribution in [2.75, 3.05) is 27.3 Å². The van der Waals surface area contributed by atoms with E-state index in [1.165, 1.54) is 0 Å². The first-order valence-electron chi connectivity index (χ1n) is 4.26. The summed E-state index contributed by atoms with van der Waals surface area (Å²) >= 11 is 0. The van der Waals surface area contributed by atoms with Crippen molar-refractivity contribution in [2.24, 2.45) is 5.41 Å². The van der Waals surface area contributed by atoms with E-state index in [2.05, 4.69) is 26.1 Å². The van der Waals surface area contributed by atoms with Gasteiger partial charge in [0.05, 0.1) is 0 Å². The minimum Gasteiger partial charge on any atom is -0.355 e. The molecular weight excluding hydrogens is 154 g/mol. The lowest BCUT2D eigenvalue weighted by atomic mass is 9.97. The van der Waals surface area contributed by atoms with Crippen molar-refractivity contribution in [3.63, 3.8) is 0 Å². The lowest BCUT2D eigenvalue weighted by molar-refractivity contribution is -0.0992. The Balaban J connectivity index is 3.41. The molecule has 0 heterocycles. The van der Waals surface area contributed by atoms with Crippen LogP contribution in [0.1, 0.15) is 20.8 Å². The third kappa shape index (κ3) is 6.58. The van der Waals surface area contributed by atoms with Crippen LogP contribution in [0.5, 0.6) is 0 Å². The van der Waals surface area contributed by atoms with E-state index in [0.717, 1.165) is 13.1 Å². The molecule has 0 aliphatic carbocycles. The Morgan fingerprint density at radius 1 is 1.17 bits per heavy atom. The minimum atomic E-state index is -0.132. The highest BCUT2D eigenvalue weighted by molar-refractivity contribution is 4.65. The molecule has 0 aliphatic heterocycles. The SMILES string of the molecule is COC(CNCC(C)(C)C)OC. The monoisotopic (exact) mass is 175 g/mol. The van der Waals surface area contributed by atoms with Gasteiger partial charge >= 0.3 is 0 Å². The largest absolute Gasteiger partial charge is 0.355 e. The summed E-state index contributed by atoms with van der Waals surface area (Å²) in [5, 5.41) is 3.28. The van der Waals surface area contributed by atoms with Crippen molar-refractivity contribution in [1.82, 2.24) is 5.32 Å². The van der Waals surface area contributed by atoms with Crippen LogP contribution in [0.25, 0.3) is 0 Å². The number of ether oxygens (including phenoxy) is 2. The molecule has 0 saturated heterocycles. The topological polar surface area (TPSA) is 30.5 Å². The average Bonchev–Trinajstić information content (AvgIpc) is 1.96. The summed E-state index contributed by atoms with van der Waals surface area (Å²) in [6.07, 6.45) is -0.132. The van der Waals surface area contributed by atoms with Crippen LogP contribution in [0.4, 0.5) is 0 Å². The summed E-state index contributed by atoms with van der Waals surface area (Å²) in [5.74, 6) is 0. The van der Waals surface area contributed by atoms with E-state index >= 15 is 0 Å². The molecule has 0 rings (SSSR count). The Hall–Kier alpha value is -0.120. The maximum absolute atomic E-state index is 5.03. The molecule has 0 aromatic rings. The summed E-state index contributed by atoms with van der Waals surface area (Å²) in [4.78, 5) is 0. The first-order chi connectivity index (χ1) is 5.49. The van der Waals surface area contributed by atoms with E-state index in [1.807, 2.05) is 0 Å². The first-order valence-corrected chi connectivity index (χ1v) is 4.26. The Bertz CT molecular complexity index is 106. The molecule has 0 aliphatic rings. The van der Waals surface area contributed by atoms with Crippen LogP contribution in [0.3, 0.4) is 0 Å². The molecular formula is C9H21NO2. The number of rotatable bonds is 5. The molecule has 0 spiro atoms. The molecule has 74 valence electrons. The average molecular weight is 175 g/mol. The number of hydrogen-bond donors (Lipinski definition) is 1. The fourth-order valence-electron chi connectivity index (χ4n) is 0.828. The Morgan fingerprint density at radius 2 is 1.67 bits per heavy atom. The highest BCUT2D eigenvalue weighted by Gasteiger charge is 2.10. The van der Waals surface area contributed by atoms with Gasteiger partial charge in [-0.1, -0.05) is 20.8 Å². The van der Waals surface area contributed by atoms with Crippen molar-refractivity contribution < 1.29 is 9.47 Å². The third-order valence-corrected chi connectivity index (χ3v) is 1.49. The van der Waals surface area contributed by atoms with Crippen LogP contribution >= 0.6 is 0 Å². The molecule has 1 N–H and O–H groups in total. The molecule has 0 amide bonds. The third-order valence-electron chi connectivity index (χ3n) is 1.49. The lowest BCUT2D eigenvalue weighted by Gasteiger charge is -2.21. The quantitative estimate of drug-likeness (QED) is 0.638. The summed E-state index contributed by atoms with van der Waals surface area (Å²) < 4.78 is 10.1. The van der Waals surface area contributed by atoms with Gasteiger partial charge in [-0.3, -0.25) is 0 Å². The zero-order valence-corrected chi connectivity index (χ0v) is 8.81. The van der Waals surface area contributed by atoms with Gasteiger partial charge in [0.1, 0.15) is 0 Å². The molecule has 0 unspecified atom stereocenters. The van der Waals surface area contributed by atoms with Crippen molar-refractivity contribution in [3.05, 3.63) is 0 Å². The van der Waals surface area contributed by atoms with E-state index < -0.39 is 0 Å². The first kappa shape index (κ1) is 11.9. The zero-order valence-electron chi connectivity index (χ0n) is 8.81. The van der Waals surface area contributed by atoms with Gasteiger partial charge in [0.25, 0.3) is 0 Å². The molecule has 12 heavy (non-hydrogen) atoms. The second-order valence-corrected chi connectivity index (χ2v) is 4.09. The molecule has 0 aromatic heterocycles. The van der Waals surface area contributed by atoms with E-state index in [9.17, 15) is 0 Å². The molecule has 3 heteroatoms. The number of methoxy groups -OCH3 is 2. The molecule has 0 saturated carbocycles. The Labute approximate surface area is 75.4 Å². The fourth-order valence-corrected chi connectivity index (χ4v) is 0.828. The maximum atomic E-state index is 5.03. The standard InChI is InChI=1S/C9H21NO2/c1-9(2,3)7-10-6-8(11-4)12-5/h8,10H,6-7H2,1-5H3. The normalized spacial score (nSPS) is 12.5. The van der Waals surface area contributed by atoms with Gasteiger partial charge in [0.2, 0.25) is 0 Å². The van der Waals surface area contributed by atoms with Crippen LogP contribution in [0, 0.1) is 5.41 Å². The maximum Gasteiger partial charge on any atom is 0.169 e. The van der Waals surface area contributed by atoms with Gasteiger partial charge < -0.3 is 14.8 Å².